The number of hydrogen-bond donors (Lipinski definition) is 0. The predicted octanol–water partition coefficient (Wildman–Crippen LogP) is 5.22. The zero-order valence-corrected chi connectivity index (χ0v) is 12.6. The zero-order valence-electron chi connectivity index (χ0n) is 12.6. The van der Waals surface area contributed by atoms with Crippen molar-refractivity contribution in [1.82, 2.24) is 0 Å². The van der Waals surface area contributed by atoms with Crippen molar-refractivity contribution in [3.63, 3.8) is 0 Å². The third-order valence-corrected chi connectivity index (χ3v) is 5.60. The van der Waals surface area contributed by atoms with Gasteiger partial charge in [0.1, 0.15) is 0 Å². The fourth-order valence-electron chi connectivity index (χ4n) is 3.43. The Morgan fingerprint density at radius 1 is 1.06 bits per heavy atom. The van der Waals surface area contributed by atoms with Gasteiger partial charge in [-0.1, -0.05) is 46.6 Å². The van der Waals surface area contributed by atoms with Crippen molar-refractivity contribution >= 4 is 6.21 Å². The first-order valence-electron chi connectivity index (χ1n) is 7.62. The second-order valence-corrected chi connectivity index (χ2v) is 7.56. The average Bonchev–Trinajstić information content (AvgIpc) is 2.39. The largest absolute Gasteiger partial charge is 0.269 e. The number of hydrogen-bond acceptors (Lipinski definition) is 1. The molecule has 3 atom stereocenters. The normalized spacial score (nSPS) is 37.6. The summed E-state index contributed by atoms with van der Waals surface area (Å²) >= 11 is 0. The van der Waals surface area contributed by atoms with Gasteiger partial charge in [0.15, 0.2) is 0 Å². The van der Waals surface area contributed by atoms with Crippen LogP contribution in [-0.4, -0.2) is 6.21 Å². The first kappa shape index (κ1) is 13.8. The van der Waals surface area contributed by atoms with Crippen LogP contribution < -0.4 is 0 Å². The Morgan fingerprint density at radius 2 is 1.83 bits per heavy atom. The lowest BCUT2D eigenvalue weighted by Crippen LogP contribution is -2.33. The monoisotopic (exact) mass is 247 g/mol. The van der Waals surface area contributed by atoms with Crippen LogP contribution in [0.5, 0.6) is 0 Å². The number of nitrogens with zero attached hydrogens (tertiary/aromatic N) is 1. The van der Waals surface area contributed by atoms with Crippen LogP contribution in [0, 0.1) is 22.7 Å². The van der Waals surface area contributed by atoms with Crippen LogP contribution >= 0.6 is 0 Å². The van der Waals surface area contributed by atoms with Crippen LogP contribution in [0.4, 0.5) is 0 Å². The van der Waals surface area contributed by atoms with Gasteiger partial charge in [-0.3, -0.25) is 4.99 Å². The molecule has 0 amide bonds. The number of fused-ring (bicyclic) bond motifs is 1. The minimum Gasteiger partial charge on any atom is -0.269 e. The molecule has 1 heteroatoms. The first-order chi connectivity index (χ1) is 8.42. The second-order valence-electron chi connectivity index (χ2n) is 7.56. The maximum Gasteiger partial charge on any atom is 0.0227 e. The molecule has 2 aliphatic rings. The summed E-state index contributed by atoms with van der Waals surface area (Å²) in [5.74, 6) is 1.44. The topological polar surface area (TPSA) is 12.4 Å². The van der Waals surface area contributed by atoms with Crippen molar-refractivity contribution in [2.75, 3.05) is 0 Å². The van der Waals surface area contributed by atoms with E-state index < -0.39 is 0 Å². The summed E-state index contributed by atoms with van der Waals surface area (Å²) in [6.45, 7) is 9.74. The third-order valence-electron chi connectivity index (χ3n) is 5.60. The molecule has 3 unspecified atom stereocenters. The van der Waals surface area contributed by atoms with Gasteiger partial charge in [-0.2, -0.15) is 0 Å². The molecule has 102 valence electrons. The van der Waals surface area contributed by atoms with E-state index in [1.54, 1.807) is 0 Å². The molecule has 1 aliphatic carbocycles. The molecule has 2 rings (SSSR count). The molecule has 0 aromatic heterocycles. The van der Waals surface area contributed by atoms with Crippen molar-refractivity contribution < 1.29 is 0 Å². The maximum absolute atomic E-state index is 4.37. The van der Waals surface area contributed by atoms with Crippen LogP contribution in [0.3, 0.4) is 0 Å². The van der Waals surface area contributed by atoms with Crippen molar-refractivity contribution in [3.8, 4) is 0 Å². The number of rotatable bonds is 0. The van der Waals surface area contributed by atoms with Crippen LogP contribution in [0.2, 0.25) is 0 Å². The molecule has 1 aliphatic heterocycles. The van der Waals surface area contributed by atoms with Crippen molar-refractivity contribution in [2.45, 2.75) is 66.2 Å². The van der Waals surface area contributed by atoms with E-state index >= 15 is 0 Å². The summed E-state index contributed by atoms with van der Waals surface area (Å²) in [6, 6.07) is 0. The van der Waals surface area contributed by atoms with Crippen LogP contribution in [0.25, 0.3) is 0 Å². The summed E-state index contributed by atoms with van der Waals surface area (Å²) in [4.78, 5) is 4.37. The molecular weight excluding hydrogens is 218 g/mol. The summed E-state index contributed by atoms with van der Waals surface area (Å²) in [5.41, 5.74) is 0.894. The Morgan fingerprint density at radius 3 is 2.56 bits per heavy atom. The average molecular weight is 247 g/mol. The van der Waals surface area contributed by atoms with E-state index in [-0.39, 0.29) is 0 Å². The number of allylic oxidation sites excluding steroid dienone is 1. The highest BCUT2D eigenvalue weighted by Gasteiger charge is 2.38. The molecule has 0 aromatic rings. The third kappa shape index (κ3) is 2.87. The lowest BCUT2D eigenvalue weighted by molar-refractivity contribution is 0.0781. The highest BCUT2D eigenvalue weighted by atomic mass is 14.7. The van der Waals surface area contributed by atoms with Crippen molar-refractivity contribution in [1.29, 1.82) is 0 Å². The zero-order chi connectivity index (χ0) is 13.2. The Labute approximate surface area is 113 Å². The second kappa shape index (κ2) is 5.19. The number of aliphatic imine (C=N–C) groups is 1. The van der Waals surface area contributed by atoms with Crippen molar-refractivity contribution in [3.05, 3.63) is 12.3 Å². The standard InChI is InChI=1S/C17H29N/c1-16(2,3)17(4)10-6-5-7-14-9-12-18-13-15(14)8-11-17/h9,12-15H,5-8,10-11H2,1-4H3. The van der Waals surface area contributed by atoms with Gasteiger partial charge in [-0.15, -0.1) is 0 Å². The highest BCUT2D eigenvalue weighted by molar-refractivity contribution is 5.63. The summed E-state index contributed by atoms with van der Waals surface area (Å²) in [6.07, 6.45) is 14.7. The lowest BCUT2D eigenvalue weighted by atomic mass is 9.62. The van der Waals surface area contributed by atoms with Crippen molar-refractivity contribution in [2.24, 2.45) is 27.7 Å². The smallest absolute Gasteiger partial charge is 0.0227 e. The van der Waals surface area contributed by atoms with E-state index in [9.17, 15) is 0 Å². The van der Waals surface area contributed by atoms with E-state index in [4.69, 9.17) is 0 Å². The Kier molecular flexibility index (Phi) is 3.99. The van der Waals surface area contributed by atoms with Gasteiger partial charge in [0, 0.05) is 18.3 Å². The van der Waals surface area contributed by atoms with Gasteiger partial charge in [0.25, 0.3) is 0 Å². The molecular formula is C17H29N. The van der Waals surface area contributed by atoms with Gasteiger partial charge in [-0.25, -0.2) is 0 Å². The molecule has 1 nitrogen and oxygen atoms in total. The summed E-state index contributed by atoms with van der Waals surface area (Å²) in [5, 5.41) is 0. The van der Waals surface area contributed by atoms with E-state index in [1.807, 2.05) is 6.20 Å². The quantitative estimate of drug-likeness (QED) is 0.556. The lowest BCUT2D eigenvalue weighted by Gasteiger charge is -2.43. The van der Waals surface area contributed by atoms with Gasteiger partial charge in [0.05, 0.1) is 0 Å². The van der Waals surface area contributed by atoms with Crippen LogP contribution in [0.15, 0.2) is 17.3 Å². The van der Waals surface area contributed by atoms with E-state index in [0.717, 1.165) is 5.92 Å². The fraction of sp³-hybridized carbons (Fsp3) is 0.824. The Balaban J connectivity index is 2.12. The minimum absolute atomic E-state index is 0.411. The molecule has 0 saturated heterocycles. The molecule has 0 N–H and O–H groups in total. The molecule has 0 radical (unpaired) electrons. The molecule has 0 spiro atoms. The highest BCUT2D eigenvalue weighted by Crippen LogP contribution is 2.48. The molecule has 1 fully saturated rings. The minimum atomic E-state index is 0.411. The summed E-state index contributed by atoms with van der Waals surface area (Å²) < 4.78 is 0. The molecule has 1 saturated carbocycles. The van der Waals surface area contributed by atoms with Crippen LogP contribution in [0.1, 0.15) is 66.2 Å². The fourth-order valence-corrected chi connectivity index (χ4v) is 3.43. The maximum atomic E-state index is 4.37. The molecule has 0 aromatic carbocycles. The Hall–Kier alpha value is -0.590. The van der Waals surface area contributed by atoms with E-state index in [2.05, 4.69) is 45.0 Å². The van der Waals surface area contributed by atoms with Gasteiger partial charge in [-0.05, 0) is 42.4 Å². The Bertz CT molecular complexity index is 334. The van der Waals surface area contributed by atoms with Gasteiger partial charge >= 0.3 is 0 Å². The summed E-state index contributed by atoms with van der Waals surface area (Å²) in [7, 11) is 0. The van der Waals surface area contributed by atoms with Crippen LogP contribution in [-0.2, 0) is 0 Å². The van der Waals surface area contributed by atoms with Gasteiger partial charge in [0.2, 0.25) is 0 Å². The SMILES string of the molecule is CC(C)(C)C1(C)CCCCC2C=CN=CC2CC1. The molecule has 0 bridgehead atoms. The predicted molar refractivity (Wildman–Crippen MR) is 79.9 cm³/mol. The molecule has 1 heterocycles. The van der Waals surface area contributed by atoms with E-state index in [0.29, 0.717) is 16.7 Å². The van der Waals surface area contributed by atoms with Gasteiger partial charge < -0.3 is 0 Å². The van der Waals surface area contributed by atoms with E-state index in [1.165, 1.54) is 38.5 Å². The molecule has 18 heavy (non-hydrogen) atoms. The first-order valence-corrected chi connectivity index (χ1v) is 7.62.